The highest BCUT2D eigenvalue weighted by Crippen LogP contribution is 2.38. The molecule has 0 aliphatic rings. The smallest absolute Gasteiger partial charge is 0.236 e. The molecule has 0 saturated carbocycles. The molecule has 36 heavy (non-hydrogen) atoms. The van der Waals surface area contributed by atoms with Crippen LogP contribution in [0.1, 0.15) is 24.5 Å². The van der Waals surface area contributed by atoms with Gasteiger partial charge in [-0.3, -0.25) is 0 Å². The van der Waals surface area contributed by atoms with E-state index in [2.05, 4.69) is 9.97 Å². The molecular weight excluding hydrogens is 492 g/mol. The topological polar surface area (TPSA) is 25.8 Å². The van der Waals surface area contributed by atoms with Crippen molar-refractivity contribution < 1.29 is 35.1 Å². The average molecular weight is 508 g/mol. The van der Waals surface area contributed by atoms with Crippen molar-refractivity contribution in [3.8, 4) is 33.6 Å². The Bertz CT molecular complexity index is 1380. The molecule has 0 amide bonds. The molecule has 186 valence electrons. The summed E-state index contributed by atoms with van der Waals surface area (Å²) in [5, 5.41) is 0. The second kappa shape index (κ2) is 9.67. The van der Waals surface area contributed by atoms with Crippen LogP contribution in [-0.4, -0.2) is 9.97 Å². The van der Waals surface area contributed by atoms with Gasteiger partial charge >= 0.3 is 6.18 Å². The fourth-order valence-corrected chi connectivity index (χ4v) is 3.80. The predicted molar refractivity (Wildman–Crippen MR) is 117 cm³/mol. The summed E-state index contributed by atoms with van der Waals surface area (Å²) in [6, 6.07) is 5.63. The average Bonchev–Trinajstić information content (AvgIpc) is 2.78. The summed E-state index contributed by atoms with van der Waals surface area (Å²) in [6.07, 6.45) is -0.408. The SMILES string of the molecule is CCCc1cnc(-c2ccc(-c3cc(F)c(-c4cc(F)c(C(F)(F)F)c(F)c4)c(F)c3)c(F)c2)nc1. The lowest BCUT2D eigenvalue weighted by molar-refractivity contribution is -0.142. The third-order valence-electron chi connectivity index (χ3n) is 5.44. The van der Waals surface area contributed by atoms with Crippen LogP contribution in [0, 0.1) is 29.1 Å². The number of hydrogen-bond acceptors (Lipinski definition) is 2. The lowest BCUT2D eigenvalue weighted by atomic mass is 9.96. The van der Waals surface area contributed by atoms with Crippen molar-refractivity contribution in [1.82, 2.24) is 9.97 Å². The molecule has 0 radical (unpaired) electrons. The van der Waals surface area contributed by atoms with Crippen LogP contribution in [-0.2, 0) is 12.6 Å². The quantitative estimate of drug-likeness (QED) is 0.254. The van der Waals surface area contributed by atoms with Gasteiger partial charge in [-0.15, -0.1) is 0 Å². The maximum Gasteiger partial charge on any atom is 0.422 e. The molecule has 0 fully saturated rings. The van der Waals surface area contributed by atoms with Crippen LogP contribution in [0.4, 0.5) is 35.1 Å². The van der Waals surface area contributed by atoms with Crippen LogP contribution in [0.25, 0.3) is 33.6 Å². The zero-order chi connectivity index (χ0) is 26.2. The number of halogens is 8. The van der Waals surface area contributed by atoms with Crippen LogP contribution < -0.4 is 0 Å². The minimum atomic E-state index is -5.33. The molecule has 1 heterocycles. The van der Waals surface area contributed by atoms with E-state index in [1.54, 1.807) is 12.4 Å². The summed E-state index contributed by atoms with van der Waals surface area (Å²) in [6.45, 7) is 2.00. The predicted octanol–water partition coefficient (Wildman–Crippen LogP) is 8.14. The van der Waals surface area contributed by atoms with E-state index in [0.29, 0.717) is 5.56 Å². The fourth-order valence-electron chi connectivity index (χ4n) is 3.80. The molecule has 2 nitrogen and oxygen atoms in total. The third kappa shape index (κ3) is 4.93. The zero-order valence-corrected chi connectivity index (χ0v) is 18.5. The van der Waals surface area contributed by atoms with Crippen molar-refractivity contribution in [2.24, 2.45) is 0 Å². The number of hydrogen-bond donors (Lipinski definition) is 0. The van der Waals surface area contributed by atoms with Gasteiger partial charge in [0, 0.05) is 23.5 Å². The van der Waals surface area contributed by atoms with Crippen molar-refractivity contribution in [3.63, 3.8) is 0 Å². The van der Waals surface area contributed by atoms with E-state index in [4.69, 9.17) is 0 Å². The van der Waals surface area contributed by atoms with Gasteiger partial charge < -0.3 is 0 Å². The lowest BCUT2D eigenvalue weighted by Crippen LogP contribution is -2.11. The summed E-state index contributed by atoms with van der Waals surface area (Å²) in [5.74, 6) is -7.33. The molecule has 0 spiro atoms. The van der Waals surface area contributed by atoms with Crippen molar-refractivity contribution in [2.75, 3.05) is 0 Å². The van der Waals surface area contributed by atoms with E-state index < -0.39 is 52.0 Å². The molecular formula is C26H16F8N2. The van der Waals surface area contributed by atoms with E-state index in [-0.39, 0.29) is 29.1 Å². The monoisotopic (exact) mass is 508 g/mol. The van der Waals surface area contributed by atoms with Crippen molar-refractivity contribution in [2.45, 2.75) is 25.9 Å². The summed E-state index contributed by atoms with van der Waals surface area (Å²) in [4.78, 5) is 8.38. The Labute approximate surface area is 200 Å². The van der Waals surface area contributed by atoms with Crippen molar-refractivity contribution >= 4 is 0 Å². The molecule has 3 aromatic carbocycles. The molecule has 0 bridgehead atoms. The Hall–Kier alpha value is -3.82. The Morgan fingerprint density at radius 1 is 0.667 bits per heavy atom. The first kappa shape index (κ1) is 25.3. The van der Waals surface area contributed by atoms with E-state index in [9.17, 15) is 35.1 Å². The summed E-state index contributed by atoms with van der Waals surface area (Å²) >= 11 is 0. The Kier molecular flexibility index (Phi) is 6.79. The number of aryl methyl sites for hydroxylation is 1. The number of aromatic nitrogens is 2. The first-order valence-electron chi connectivity index (χ1n) is 10.7. The highest BCUT2D eigenvalue weighted by Gasteiger charge is 2.38. The number of alkyl halides is 3. The maximum atomic E-state index is 14.9. The zero-order valence-electron chi connectivity index (χ0n) is 18.5. The van der Waals surface area contributed by atoms with Gasteiger partial charge in [0.05, 0.1) is 5.56 Å². The van der Waals surface area contributed by atoms with Gasteiger partial charge in [0.1, 0.15) is 34.6 Å². The summed E-state index contributed by atoms with van der Waals surface area (Å²) in [5.41, 5.74) is -3.08. The summed E-state index contributed by atoms with van der Waals surface area (Å²) in [7, 11) is 0. The van der Waals surface area contributed by atoms with Gasteiger partial charge in [0.2, 0.25) is 0 Å². The van der Waals surface area contributed by atoms with E-state index in [0.717, 1.165) is 36.6 Å². The van der Waals surface area contributed by atoms with Crippen LogP contribution in [0.2, 0.25) is 0 Å². The van der Waals surface area contributed by atoms with E-state index in [1.807, 2.05) is 6.92 Å². The second-order valence-corrected chi connectivity index (χ2v) is 7.99. The molecule has 0 atom stereocenters. The summed E-state index contributed by atoms with van der Waals surface area (Å²) < 4.78 is 111. The normalized spacial score (nSPS) is 11.7. The van der Waals surface area contributed by atoms with E-state index in [1.165, 1.54) is 12.1 Å². The molecule has 10 heteroatoms. The van der Waals surface area contributed by atoms with Gasteiger partial charge in [0.15, 0.2) is 5.82 Å². The molecule has 0 unspecified atom stereocenters. The molecule has 0 N–H and O–H groups in total. The molecule has 4 rings (SSSR count). The van der Waals surface area contributed by atoms with Gasteiger partial charge in [-0.25, -0.2) is 31.9 Å². The molecule has 0 saturated heterocycles. The maximum absolute atomic E-state index is 14.9. The number of rotatable bonds is 5. The molecule has 4 aromatic rings. The molecule has 1 aromatic heterocycles. The van der Waals surface area contributed by atoms with Crippen LogP contribution in [0.5, 0.6) is 0 Å². The first-order valence-corrected chi connectivity index (χ1v) is 10.7. The number of nitrogens with zero attached hydrogens (tertiary/aromatic N) is 2. The van der Waals surface area contributed by atoms with Crippen LogP contribution >= 0.6 is 0 Å². The van der Waals surface area contributed by atoms with Crippen molar-refractivity contribution in [1.29, 1.82) is 0 Å². The van der Waals surface area contributed by atoms with Gasteiger partial charge in [-0.2, -0.15) is 13.2 Å². The minimum absolute atomic E-state index is 0.185. The van der Waals surface area contributed by atoms with E-state index >= 15 is 0 Å². The van der Waals surface area contributed by atoms with Crippen LogP contribution in [0.3, 0.4) is 0 Å². The third-order valence-corrected chi connectivity index (χ3v) is 5.44. The highest BCUT2D eigenvalue weighted by molar-refractivity contribution is 5.74. The Balaban J connectivity index is 1.70. The van der Waals surface area contributed by atoms with Gasteiger partial charge in [0.25, 0.3) is 0 Å². The minimum Gasteiger partial charge on any atom is -0.236 e. The highest BCUT2D eigenvalue weighted by atomic mass is 19.4. The lowest BCUT2D eigenvalue weighted by Gasteiger charge is -2.13. The Morgan fingerprint density at radius 3 is 1.69 bits per heavy atom. The van der Waals surface area contributed by atoms with Gasteiger partial charge in [-0.1, -0.05) is 25.5 Å². The number of benzene rings is 3. The molecule has 0 aliphatic heterocycles. The molecule has 0 aliphatic carbocycles. The van der Waals surface area contributed by atoms with Crippen molar-refractivity contribution in [3.05, 3.63) is 95.1 Å². The Morgan fingerprint density at radius 2 is 1.19 bits per heavy atom. The standard InChI is InChI=1S/C26H16F8N2/c1-2-3-13-11-35-25(36-12-13)14-4-5-17(18(27)6-14)15-7-19(28)23(20(29)8-15)16-9-21(30)24(22(31)10-16)26(32,33)34/h4-12H,2-3H2,1H3. The fraction of sp³-hybridized carbons (Fsp3) is 0.154. The second-order valence-electron chi connectivity index (χ2n) is 7.99. The van der Waals surface area contributed by atoms with Crippen LogP contribution in [0.15, 0.2) is 54.9 Å². The first-order chi connectivity index (χ1) is 17.0. The van der Waals surface area contributed by atoms with Gasteiger partial charge in [-0.05, 0) is 53.4 Å². The largest absolute Gasteiger partial charge is 0.422 e.